The number of carbonyl (C=O) groups excluding carboxylic acids is 2. The van der Waals surface area contributed by atoms with Crippen molar-refractivity contribution in [2.75, 3.05) is 27.3 Å². The van der Waals surface area contributed by atoms with Crippen molar-refractivity contribution in [3.63, 3.8) is 0 Å². The lowest BCUT2D eigenvalue weighted by Crippen LogP contribution is -2.47. The summed E-state index contributed by atoms with van der Waals surface area (Å²) in [6.45, 7) is 0.640. The van der Waals surface area contributed by atoms with Gasteiger partial charge in [-0.3, -0.25) is 9.69 Å². The van der Waals surface area contributed by atoms with Crippen LogP contribution in [0.15, 0.2) is 0 Å². The number of aliphatic hydroxyl groups excluding tert-OH is 2. The molecule has 0 unspecified atom stereocenters. The molecule has 7 nitrogen and oxygen atoms in total. The van der Waals surface area contributed by atoms with E-state index in [4.69, 9.17) is 0 Å². The number of β-amino-alcohol motifs (C(OH)–C–C–N with tert-alkyl or cyclic N) is 1. The SMILES string of the molecule is COC(=O)[C@@H](O)[C@H](O)CN1CCC[C@H]1C(=O)OC. The van der Waals surface area contributed by atoms with E-state index in [2.05, 4.69) is 9.47 Å². The van der Waals surface area contributed by atoms with Gasteiger partial charge in [0.05, 0.1) is 14.2 Å². The van der Waals surface area contributed by atoms with E-state index < -0.39 is 24.2 Å². The Kier molecular flexibility index (Phi) is 5.52. The molecule has 1 heterocycles. The maximum absolute atomic E-state index is 11.5. The Labute approximate surface area is 105 Å². The van der Waals surface area contributed by atoms with Gasteiger partial charge in [0.2, 0.25) is 0 Å². The number of carbonyl (C=O) groups is 2. The van der Waals surface area contributed by atoms with E-state index >= 15 is 0 Å². The summed E-state index contributed by atoms with van der Waals surface area (Å²) in [5.74, 6) is -1.26. The van der Waals surface area contributed by atoms with Crippen molar-refractivity contribution in [3.05, 3.63) is 0 Å². The Bertz CT molecular complexity index is 308. The zero-order valence-electron chi connectivity index (χ0n) is 10.5. The molecule has 0 aromatic heterocycles. The van der Waals surface area contributed by atoms with Crippen molar-refractivity contribution in [1.29, 1.82) is 0 Å². The van der Waals surface area contributed by atoms with E-state index in [1.807, 2.05) is 0 Å². The summed E-state index contributed by atoms with van der Waals surface area (Å²) in [5.41, 5.74) is 0. The lowest BCUT2D eigenvalue weighted by Gasteiger charge is -2.26. The average molecular weight is 261 g/mol. The molecule has 104 valence electrons. The Morgan fingerprint density at radius 2 is 2.00 bits per heavy atom. The Balaban J connectivity index is 2.55. The first-order valence-electron chi connectivity index (χ1n) is 5.77. The topological polar surface area (TPSA) is 96.3 Å². The van der Waals surface area contributed by atoms with Crippen LogP contribution in [0.25, 0.3) is 0 Å². The van der Waals surface area contributed by atoms with E-state index in [1.54, 1.807) is 4.90 Å². The number of esters is 2. The molecule has 1 rings (SSSR count). The summed E-state index contributed by atoms with van der Waals surface area (Å²) in [6.07, 6.45) is -1.44. The summed E-state index contributed by atoms with van der Waals surface area (Å²) in [6, 6.07) is -0.422. The number of ether oxygens (including phenoxy) is 2. The molecule has 0 aliphatic carbocycles. The van der Waals surface area contributed by atoms with E-state index in [1.165, 1.54) is 7.11 Å². The van der Waals surface area contributed by atoms with Crippen molar-refractivity contribution < 1.29 is 29.3 Å². The minimum absolute atomic E-state index is 0.0238. The largest absolute Gasteiger partial charge is 0.468 e. The molecular formula is C11H19NO6. The molecule has 2 N–H and O–H groups in total. The van der Waals surface area contributed by atoms with Gasteiger partial charge in [-0.15, -0.1) is 0 Å². The molecule has 0 spiro atoms. The highest BCUT2D eigenvalue weighted by Gasteiger charge is 2.35. The fraction of sp³-hybridized carbons (Fsp3) is 0.818. The number of methoxy groups -OCH3 is 2. The molecule has 0 aromatic carbocycles. The standard InChI is InChI=1S/C11H19NO6/c1-17-10(15)7-4-3-5-12(7)6-8(13)9(14)11(16)18-2/h7-9,13-14H,3-6H2,1-2H3/t7-,8+,9-/m0/s1. The second-order valence-corrected chi connectivity index (χ2v) is 4.21. The molecule has 1 aliphatic heterocycles. The van der Waals surface area contributed by atoms with Crippen LogP contribution in [0, 0.1) is 0 Å². The summed E-state index contributed by atoms with van der Waals surface area (Å²) in [5, 5.41) is 19.2. The van der Waals surface area contributed by atoms with Crippen LogP contribution in [0.2, 0.25) is 0 Å². The van der Waals surface area contributed by atoms with E-state index in [0.29, 0.717) is 13.0 Å². The van der Waals surface area contributed by atoms with Crippen molar-refractivity contribution in [2.24, 2.45) is 0 Å². The van der Waals surface area contributed by atoms with Crippen molar-refractivity contribution in [2.45, 2.75) is 31.1 Å². The molecule has 0 saturated carbocycles. The molecule has 0 aromatic rings. The summed E-state index contributed by atoms with van der Waals surface area (Å²) in [7, 11) is 2.43. The summed E-state index contributed by atoms with van der Waals surface area (Å²) in [4.78, 5) is 24.2. The van der Waals surface area contributed by atoms with Crippen LogP contribution in [0.3, 0.4) is 0 Å². The predicted molar refractivity (Wildman–Crippen MR) is 60.6 cm³/mol. The highest BCUT2D eigenvalue weighted by molar-refractivity contribution is 5.76. The van der Waals surface area contributed by atoms with Crippen LogP contribution in [-0.4, -0.2) is 72.6 Å². The van der Waals surface area contributed by atoms with Crippen molar-refractivity contribution in [1.82, 2.24) is 4.90 Å². The van der Waals surface area contributed by atoms with Gasteiger partial charge < -0.3 is 19.7 Å². The number of nitrogens with zero attached hydrogens (tertiary/aromatic N) is 1. The minimum Gasteiger partial charge on any atom is -0.468 e. The fourth-order valence-corrected chi connectivity index (χ4v) is 2.07. The third kappa shape index (κ3) is 3.41. The molecule has 1 aliphatic rings. The maximum Gasteiger partial charge on any atom is 0.337 e. The lowest BCUT2D eigenvalue weighted by atomic mass is 10.1. The second kappa shape index (κ2) is 6.67. The Morgan fingerprint density at radius 3 is 2.56 bits per heavy atom. The fourth-order valence-electron chi connectivity index (χ4n) is 2.07. The first kappa shape index (κ1) is 14.9. The number of likely N-dealkylation sites (tertiary alicyclic amines) is 1. The van der Waals surface area contributed by atoms with Gasteiger partial charge in [-0.25, -0.2) is 4.79 Å². The predicted octanol–water partition coefficient (Wildman–Crippen LogP) is -1.48. The first-order valence-corrected chi connectivity index (χ1v) is 5.77. The molecule has 1 saturated heterocycles. The van der Waals surface area contributed by atoms with Gasteiger partial charge in [-0.05, 0) is 19.4 Å². The number of aliphatic hydroxyl groups is 2. The normalized spacial score (nSPS) is 23.4. The molecule has 7 heteroatoms. The Morgan fingerprint density at radius 1 is 1.33 bits per heavy atom. The van der Waals surface area contributed by atoms with Crippen LogP contribution < -0.4 is 0 Å². The van der Waals surface area contributed by atoms with Crippen LogP contribution in [0.4, 0.5) is 0 Å². The van der Waals surface area contributed by atoms with Gasteiger partial charge in [-0.1, -0.05) is 0 Å². The van der Waals surface area contributed by atoms with Gasteiger partial charge in [-0.2, -0.15) is 0 Å². The minimum atomic E-state index is -1.60. The molecule has 0 radical (unpaired) electrons. The third-order valence-electron chi connectivity index (χ3n) is 3.07. The molecule has 1 fully saturated rings. The monoisotopic (exact) mass is 261 g/mol. The zero-order valence-corrected chi connectivity index (χ0v) is 10.5. The van der Waals surface area contributed by atoms with Gasteiger partial charge in [0.25, 0.3) is 0 Å². The molecule has 0 amide bonds. The molecular weight excluding hydrogens is 242 g/mol. The van der Waals surface area contributed by atoms with Crippen LogP contribution >= 0.6 is 0 Å². The van der Waals surface area contributed by atoms with E-state index in [-0.39, 0.29) is 12.5 Å². The summed E-state index contributed by atoms with van der Waals surface area (Å²) < 4.78 is 8.99. The number of hydrogen-bond donors (Lipinski definition) is 2. The average Bonchev–Trinajstić information content (AvgIpc) is 2.83. The van der Waals surface area contributed by atoms with Crippen molar-refractivity contribution >= 4 is 11.9 Å². The van der Waals surface area contributed by atoms with E-state index in [0.717, 1.165) is 13.5 Å². The first-order chi connectivity index (χ1) is 8.51. The van der Waals surface area contributed by atoms with Crippen molar-refractivity contribution in [3.8, 4) is 0 Å². The maximum atomic E-state index is 11.5. The zero-order chi connectivity index (χ0) is 13.7. The highest BCUT2D eigenvalue weighted by Crippen LogP contribution is 2.19. The molecule has 18 heavy (non-hydrogen) atoms. The van der Waals surface area contributed by atoms with E-state index in [9.17, 15) is 19.8 Å². The van der Waals surface area contributed by atoms with Gasteiger partial charge >= 0.3 is 11.9 Å². The second-order valence-electron chi connectivity index (χ2n) is 4.21. The van der Waals surface area contributed by atoms with Crippen LogP contribution in [-0.2, 0) is 19.1 Å². The number of rotatable bonds is 5. The highest BCUT2D eigenvalue weighted by atomic mass is 16.5. The third-order valence-corrected chi connectivity index (χ3v) is 3.07. The van der Waals surface area contributed by atoms with Gasteiger partial charge in [0.15, 0.2) is 6.10 Å². The van der Waals surface area contributed by atoms with Crippen LogP contribution in [0.1, 0.15) is 12.8 Å². The van der Waals surface area contributed by atoms with Crippen LogP contribution in [0.5, 0.6) is 0 Å². The number of hydrogen-bond acceptors (Lipinski definition) is 7. The van der Waals surface area contributed by atoms with Gasteiger partial charge in [0, 0.05) is 6.54 Å². The smallest absolute Gasteiger partial charge is 0.337 e. The van der Waals surface area contributed by atoms with Gasteiger partial charge in [0.1, 0.15) is 12.1 Å². The summed E-state index contributed by atoms with van der Waals surface area (Å²) >= 11 is 0. The lowest BCUT2D eigenvalue weighted by molar-refractivity contribution is -0.157. The molecule has 0 bridgehead atoms. The Hall–Kier alpha value is -1.18. The quantitative estimate of drug-likeness (QED) is 0.582. The molecule has 3 atom stereocenters.